The number of allylic oxidation sites excluding steroid dienone is 2. The summed E-state index contributed by atoms with van der Waals surface area (Å²) in [4.78, 5) is 10.6. The summed E-state index contributed by atoms with van der Waals surface area (Å²) in [6.07, 6.45) is 6.71. The van der Waals surface area contributed by atoms with E-state index >= 15 is 0 Å². The van der Waals surface area contributed by atoms with Gasteiger partial charge >= 0.3 is 0 Å². The zero-order valence-electron chi connectivity index (χ0n) is 20.7. The van der Waals surface area contributed by atoms with Crippen LogP contribution in [0.2, 0.25) is 0 Å². The van der Waals surface area contributed by atoms with Crippen LogP contribution in [0.3, 0.4) is 0 Å². The molecule has 1 fully saturated rings. The van der Waals surface area contributed by atoms with Gasteiger partial charge in [0.05, 0.1) is 62.1 Å². The number of nitrogens with zero attached hydrogens (tertiary/aromatic N) is 5. The average molecular weight is 507 g/mol. The van der Waals surface area contributed by atoms with Crippen LogP contribution in [0, 0.1) is 17.1 Å². The largest absolute Gasteiger partial charge is 0.489 e. The molecule has 3 aliphatic heterocycles. The van der Waals surface area contributed by atoms with Gasteiger partial charge in [-0.3, -0.25) is 5.01 Å². The summed E-state index contributed by atoms with van der Waals surface area (Å²) in [5, 5.41) is 21.4. The van der Waals surface area contributed by atoms with Crippen LogP contribution in [0.25, 0.3) is 5.57 Å². The zero-order chi connectivity index (χ0) is 26.2. The van der Waals surface area contributed by atoms with Crippen molar-refractivity contribution in [2.45, 2.75) is 25.6 Å². The van der Waals surface area contributed by atoms with Gasteiger partial charge in [0.2, 0.25) is 5.88 Å². The lowest BCUT2D eigenvalue weighted by Gasteiger charge is -2.39. The van der Waals surface area contributed by atoms with E-state index in [-0.39, 0.29) is 18.6 Å². The molecule has 0 amide bonds. The Morgan fingerprint density at radius 2 is 2.08 bits per heavy atom. The molecule has 0 radical (unpaired) electrons. The van der Waals surface area contributed by atoms with Crippen molar-refractivity contribution >= 4 is 11.4 Å². The number of anilines is 1. The predicted molar refractivity (Wildman–Crippen MR) is 132 cm³/mol. The molecule has 2 aromatic heterocycles. The monoisotopic (exact) mass is 506 g/mol. The highest BCUT2D eigenvalue weighted by Crippen LogP contribution is 2.36. The van der Waals surface area contributed by atoms with Crippen molar-refractivity contribution in [1.82, 2.24) is 20.4 Å². The van der Waals surface area contributed by atoms with Crippen LogP contribution >= 0.6 is 0 Å². The van der Waals surface area contributed by atoms with E-state index in [0.717, 1.165) is 22.7 Å². The fraction of sp³-hybridized carbons (Fsp3) is 0.346. The third-order valence-electron chi connectivity index (χ3n) is 5.99. The quantitative estimate of drug-likeness (QED) is 0.553. The van der Waals surface area contributed by atoms with E-state index in [1.54, 1.807) is 31.3 Å². The number of nitrogens with one attached hydrogen (secondary N) is 1. The molecule has 192 valence electrons. The second kappa shape index (κ2) is 9.72. The van der Waals surface area contributed by atoms with Gasteiger partial charge in [-0.1, -0.05) is 0 Å². The zero-order valence-corrected chi connectivity index (χ0v) is 20.7. The number of fused-ring (bicyclic) bond motifs is 1. The van der Waals surface area contributed by atoms with Crippen LogP contribution in [-0.2, 0) is 4.74 Å². The molecular weight excluding hydrogens is 479 g/mol. The van der Waals surface area contributed by atoms with E-state index < -0.39 is 11.4 Å². The summed E-state index contributed by atoms with van der Waals surface area (Å²) < 4.78 is 30.3. The number of aromatic nitrogens is 2. The van der Waals surface area contributed by atoms with Crippen molar-refractivity contribution in [1.29, 1.82) is 5.26 Å². The fourth-order valence-electron chi connectivity index (χ4n) is 4.15. The lowest BCUT2D eigenvalue weighted by Crippen LogP contribution is -2.54. The minimum atomic E-state index is -0.985. The van der Waals surface area contributed by atoms with Crippen LogP contribution in [0.15, 0.2) is 59.9 Å². The average Bonchev–Trinajstić information content (AvgIpc) is 3.27. The summed E-state index contributed by atoms with van der Waals surface area (Å²) in [7, 11) is 1.36. The molecule has 0 aliphatic carbocycles. The van der Waals surface area contributed by atoms with Crippen molar-refractivity contribution in [3.8, 4) is 17.7 Å². The summed E-state index contributed by atoms with van der Waals surface area (Å²) in [5.74, 6) is 1.05. The third-order valence-corrected chi connectivity index (χ3v) is 5.99. The molecule has 10 nitrogen and oxygen atoms in total. The molecular formula is C26H27FN6O4. The van der Waals surface area contributed by atoms with Crippen LogP contribution in [0.5, 0.6) is 11.6 Å². The van der Waals surface area contributed by atoms with Gasteiger partial charge in [-0.25, -0.2) is 19.8 Å². The number of halogens is 1. The fourth-order valence-corrected chi connectivity index (χ4v) is 4.15. The number of hydrazine groups is 1. The number of ether oxygens (including phenoxy) is 3. The van der Waals surface area contributed by atoms with Gasteiger partial charge in [-0.05, 0) is 32.1 Å². The van der Waals surface area contributed by atoms with Crippen LogP contribution in [-0.4, -0.2) is 65.1 Å². The van der Waals surface area contributed by atoms with Crippen LogP contribution in [0.1, 0.15) is 19.4 Å². The van der Waals surface area contributed by atoms with Gasteiger partial charge in [-0.15, -0.1) is 0 Å². The molecule has 1 saturated heterocycles. The molecule has 11 heteroatoms. The Balaban J connectivity index is 1.28. The predicted octanol–water partition coefficient (Wildman–Crippen LogP) is 2.52. The first-order valence-corrected chi connectivity index (χ1v) is 11.8. The summed E-state index contributed by atoms with van der Waals surface area (Å²) >= 11 is 0. The summed E-state index contributed by atoms with van der Waals surface area (Å²) in [5.41, 5.74) is 5.17. The number of methoxy groups -OCH3 is 1. The highest BCUT2D eigenvalue weighted by Gasteiger charge is 2.32. The van der Waals surface area contributed by atoms with E-state index in [1.807, 2.05) is 18.2 Å². The molecule has 5 rings (SSSR count). The van der Waals surface area contributed by atoms with Crippen molar-refractivity contribution in [2.75, 3.05) is 38.3 Å². The highest BCUT2D eigenvalue weighted by molar-refractivity contribution is 5.83. The minimum Gasteiger partial charge on any atom is -0.489 e. The lowest BCUT2D eigenvalue weighted by molar-refractivity contribution is 0.00461. The van der Waals surface area contributed by atoms with Gasteiger partial charge < -0.3 is 24.2 Å². The molecule has 0 atom stereocenters. The standard InChI is InChI=1S/C26H27FN6O4/c1-26(2,34)15-36-19-6-21(24-17(8-28)10-31-33(24)14-19)16-4-5-23(29-9-16)32-12-20(13-32)37-18-7-22(27)25(35-3)30-11-18/h4-7,9,11,14,20,31,34H,10,12-13,15H2,1-3H3. The first-order valence-electron chi connectivity index (χ1n) is 11.8. The minimum absolute atomic E-state index is 0.0690. The van der Waals surface area contributed by atoms with Gasteiger partial charge in [0.15, 0.2) is 5.82 Å². The van der Waals surface area contributed by atoms with Gasteiger partial charge in [0.25, 0.3) is 0 Å². The van der Waals surface area contributed by atoms with Crippen LogP contribution in [0.4, 0.5) is 10.2 Å². The van der Waals surface area contributed by atoms with E-state index in [9.17, 15) is 14.8 Å². The van der Waals surface area contributed by atoms with Crippen molar-refractivity contribution in [3.63, 3.8) is 0 Å². The smallest absolute Gasteiger partial charge is 0.250 e. The highest BCUT2D eigenvalue weighted by atomic mass is 19.1. The molecule has 5 heterocycles. The molecule has 2 aromatic rings. The normalized spacial score (nSPS) is 17.5. The molecule has 0 bridgehead atoms. The maximum absolute atomic E-state index is 13.9. The molecule has 2 N–H and O–H groups in total. The first-order chi connectivity index (χ1) is 17.7. The van der Waals surface area contributed by atoms with Gasteiger partial charge in [-0.2, -0.15) is 5.26 Å². The maximum atomic E-state index is 13.9. The Hall–Kier alpha value is -4.14. The van der Waals surface area contributed by atoms with Crippen molar-refractivity contribution in [3.05, 3.63) is 71.3 Å². The number of aliphatic hydroxyl groups is 1. The first kappa shape index (κ1) is 24.5. The third kappa shape index (κ3) is 5.21. The molecule has 0 aromatic carbocycles. The SMILES string of the molecule is COc1ncc(OC2CN(c3ccc(C4=CC(OCC(C)(C)O)=CN5NCC(C#N)=C45)cn3)C2)cc1F. The summed E-state index contributed by atoms with van der Waals surface area (Å²) in [6, 6.07) is 7.39. The van der Waals surface area contributed by atoms with Crippen molar-refractivity contribution < 1.29 is 23.7 Å². The van der Waals surface area contributed by atoms with Crippen LogP contribution < -0.4 is 19.8 Å². The molecule has 0 unspecified atom stereocenters. The second-order valence-electron chi connectivity index (χ2n) is 9.55. The molecule has 0 spiro atoms. The van der Waals surface area contributed by atoms with E-state index in [2.05, 4.69) is 26.4 Å². The number of hydrogen-bond acceptors (Lipinski definition) is 10. The topological polar surface area (TPSA) is 116 Å². The summed E-state index contributed by atoms with van der Waals surface area (Å²) in [6.45, 7) is 5.08. The van der Waals surface area contributed by atoms with E-state index in [1.165, 1.54) is 19.4 Å². The molecule has 0 saturated carbocycles. The Morgan fingerprint density at radius 1 is 1.27 bits per heavy atom. The van der Waals surface area contributed by atoms with E-state index in [4.69, 9.17) is 14.2 Å². The Morgan fingerprint density at radius 3 is 2.73 bits per heavy atom. The second-order valence-corrected chi connectivity index (χ2v) is 9.55. The number of hydrogen-bond donors (Lipinski definition) is 2. The van der Waals surface area contributed by atoms with E-state index in [0.29, 0.717) is 36.7 Å². The van der Waals surface area contributed by atoms with Crippen molar-refractivity contribution in [2.24, 2.45) is 0 Å². The number of pyridine rings is 2. The Bertz CT molecular complexity index is 1320. The number of rotatable bonds is 8. The lowest BCUT2D eigenvalue weighted by atomic mass is 9.98. The molecule has 3 aliphatic rings. The maximum Gasteiger partial charge on any atom is 0.250 e. The number of nitriles is 1. The van der Waals surface area contributed by atoms with Gasteiger partial charge in [0, 0.05) is 23.4 Å². The van der Waals surface area contributed by atoms with Gasteiger partial charge in [0.1, 0.15) is 30.0 Å². The molecule has 37 heavy (non-hydrogen) atoms. The Labute approximate surface area is 213 Å². The Kier molecular flexibility index (Phi) is 6.45.